The van der Waals surface area contributed by atoms with Crippen LogP contribution in [-0.2, 0) is 0 Å². The summed E-state index contributed by atoms with van der Waals surface area (Å²) in [5.41, 5.74) is 8.20. The summed E-state index contributed by atoms with van der Waals surface area (Å²) in [7, 11) is 4.06. The van der Waals surface area contributed by atoms with Gasteiger partial charge in [0.25, 0.3) is 0 Å². The van der Waals surface area contributed by atoms with E-state index in [1.54, 1.807) is 6.20 Å². The third-order valence-electron chi connectivity index (χ3n) is 2.91. The van der Waals surface area contributed by atoms with E-state index in [0.717, 1.165) is 4.47 Å². The van der Waals surface area contributed by atoms with Crippen LogP contribution in [0.1, 0.15) is 11.6 Å². The number of halogens is 1. The van der Waals surface area contributed by atoms with Crippen LogP contribution in [0.4, 0.5) is 5.69 Å². The Kier molecular flexibility index (Phi) is 4.04. The second kappa shape index (κ2) is 5.54. The first kappa shape index (κ1) is 13.1. The molecule has 0 aliphatic rings. The second-order valence-corrected chi connectivity index (χ2v) is 5.29. The minimum Gasteiger partial charge on any atom is -0.378 e. The fraction of sp³-hybridized carbons (Fsp3) is 0.308. The summed E-state index contributed by atoms with van der Waals surface area (Å²) < 4.78 is 2.85. The van der Waals surface area contributed by atoms with E-state index in [0.29, 0.717) is 6.54 Å². The van der Waals surface area contributed by atoms with E-state index >= 15 is 0 Å². The lowest BCUT2D eigenvalue weighted by molar-refractivity contribution is 0.532. The molecule has 4 nitrogen and oxygen atoms in total. The molecule has 0 saturated heterocycles. The van der Waals surface area contributed by atoms with E-state index in [4.69, 9.17) is 5.73 Å². The molecule has 1 heterocycles. The Morgan fingerprint density at radius 1 is 1.33 bits per heavy atom. The molecule has 18 heavy (non-hydrogen) atoms. The number of hydrogen-bond donors (Lipinski definition) is 1. The van der Waals surface area contributed by atoms with Gasteiger partial charge in [-0.15, -0.1) is 0 Å². The first-order valence-corrected chi connectivity index (χ1v) is 6.58. The summed E-state index contributed by atoms with van der Waals surface area (Å²) in [6.45, 7) is 0.523. The zero-order valence-electron chi connectivity index (χ0n) is 10.5. The Bertz CT molecular complexity index is 504. The molecular weight excluding hydrogens is 292 g/mol. The Balaban J connectivity index is 2.28. The molecule has 2 aromatic rings. The highest BCUT2D eigenvalue weighted by Crippen LogP contribution is 2.21. The maximum atomic E-state index is 5.86. The Morgan fingerprint density at radius 3 is 2.44 bits per heavy atom. The number of aromatic nitrogens is 2. The minimum absolute atomic E-state index is 0.0764. The predicted octanol–water partition coefficient (Wildman–Crippen LogP) is 2.26. The molecule has 0 saturated carbocycles. The molecular formula is C13H17BrN4. The first-order chi connectivity index (χ1) is 8.61. The van der Waals surface area contributed by atoms with Crippen LogP contribution in [0.3, 0.4) is 0 Å². The molecule has 0 aliphatic heterocycles. The Hall–Kier alpha value is -1.33. The van der Waals surface area contributed by atoms with Gasteiger partial charge in [0.05, 0.1) is 16.7 Å². The van der Waals surface area contributed by atoms with Gasteiger partial charge in [0, 0.05) is 32.5 Å². The van der Waals surface area contributed by atoms with Gasteiger partial charge in [-0.2, -0.15) is 5.10 Å². The molecule has 1 atom stereocenters. The van der Waals surface area contributed by atoms with Crippen LogP contribution in [0.5, 0.6) is 0 Å². The van der Waals surface area contributed by atoms with Crippen LogP contribution >= 0.6 is 15.9 Å². The topological polar surface area (TPSA) is 47.1 Å². The summed E-state index contributed by atoms with van der Waals surface area (Å²) in [6, 6.07) is 8.46. The standard InChI is InChI=1S/C13H17BrN4/c1-17(2)12-5-3-10(4-6-12)13(7-15)18-9-11(14)8-16-18/h3-6,8-9,13H,7,15H2,1-2H3. The van der Waals surface area contributed by atoms with E-state index in [1.807, 2.05) is 25.0 Å². The van der Waals surface area contributed by atoms with E-state index in [-0.39, 0.29) is 6.04 Å². The lowest BCUT2D eigenvalue weighted by atomic mass is 10.1. The molecule has 0 bridgehead atoms. The molecule has 2 N–H and O–H groups in total. The van der Waals surface area contributed by atoms with Gasteiger partial charge in [-0.05, 0) is 33.6 Å². The number of nitrogens with two attached hydrogens (primary N) is 1. The lowest BCUT2D eigenvalue weighted by Crippen LogP contribution is -2.21. The summed E-state index contributed by atoms with van der Waals surface area (Å²) in [5, 5.41) is 4.30. The SMILES string of the molecule is CN(C)c1ccc(C(CN)n2cc(Br)cn2)cc1. The van der Waals surface area contributed by atoms with E-state index in [2.05, 4.69) is 50.2 Å². The monoisotopic (exact) mass is 308 g/mol. The lowest BCUT2D eigenvalue weighted by Gasteiger charge is -2.18. The molecule has 96 valence electrons. The fourth-order valence-electron chi connectivity index (χ4n) is 1.88. The molecule has 1 aromatic carbocycles. The van der Waals surface area contributed by atoms with Crippen LogP contribution in [0.25, 0.3) is 0 Å². The Morgan fingerprint density at radius 2 is 2.00 bits per heavy atom. The Labute approximate surface area is 116 Å². The molecule has 0 radical (unpaired) electrons. The smallest absolute Gasteiger partial charge is 0.0891 e. The van der Waals surface area contributed by atoms with Crippen molar-refractivity contribution in [2.75, 3.05) is 25.5 Å². The molecule has 1 unspecified atom stereocenters. The average Bonchev–Trinajstić information content (AvgIpc) is 2.77. The van der Waals surface area contributed by atoms with Crippen LogP contribution < -0.4 is 10.6 Å². The fourth-order valence-corrected chi connectivity index (χ4v) is 2.18. The predicted molar refractivity (Wildman–Crippen MR) is 77.9 cm³/mol. The van der Waals surface area contributed by atoms with Crippen molar-refractivity contribution >= 4 is 21.6 Å². The number of anilines is 1. The molecule has 0 spiro atoms. The highest BCUT2D eigenvalue weighted by atomic mass is 79.9. The summed E-state index contributed by atoms with van der Waals surface area (Å²) in [6.07, 6.45) is 3.72. The maximum Gasteiger partial charge on any atom is 0.0891 e. The zero-order chi connectivity index (χ0) is 13.1. The molecule has 2 rings (SSSR count). The van der Waals surface area contributed by atoms with Crippen molar-refractivity contribution in [2.24, 2.45) is 5.73 Å². The third-order valence-corrected chi connectivity index (χ3v) is 3.32. The number of hydrogen-bond acceptors (Lipinski definition) is 3. The normalized spacial score (nSPS) is 12.4. The van der Waals surface area contributed by atoms with Gasteiger partial charge in [-0.3, -0.25) is 4.68 Å². The van der Waals surface area contributed by atoms with Gasteiger partial charge >= 0.3 is 0 Å². The van der Waals surface area contributed by atoms with Gasteiger partial charge in [0.1, 0.15) is 0 Å². The summed E-state index contributed by atoms with van der Waals surface area (Å²) >= 11 is 3.40. The van der Waals surface area contributed by atoms with Gasteiger partial charge < -0.3 is 10.6 Å². The van der Waals surface area contributed by atoms with Crippen molar-refractivity contribution < 1.29 is 0 Å². The second-order valence-electron chi connectivity index (χ2n) is 4.38. The molecule has 0 amide bonds. The van der Waals surface area contributed by atoms with Crippen LogP contribution in [0.15, 0.2) is 41.1 Å². The number of rotatable bonds is 4. The van der Waals surface area contributed by atoms with Crippen LogP contribution in [0, 0.1) is 0 Å². The maximum absolute atomic E-state index is 5.86. The summed E-state index contributed by atoms with van der Waals surface area (Å²) in [5.74, 6) is 0. The van der Waals surface area contributed by atoms with Crippen molar-refractivity contribution in [3.8, 4) is 0 Å². The van der Waals surface area contributed by atoms with Gasteiger partial charge in [0.15, 0.2) is 0 Å². The van der Waals surface area contributed by atoms with Crippen molar-refractivity contribution in [1.29, 1.82) is 0 Å². The molecule has 0 fully saturated rings. The van der Waals surface area contributed by atoms with E-state index in [1.165, 1.54) is 11.3 Å². The zero-order valence-corrected chi connectivity index (χ0v) is 12.1. The average molecular weight is 309 g/mol. The third kappa shape index (κ3) is 2.73. The number of nitrogens with zero attached hydrogens (tertiary/aromatic N) is 3. The van der Waals surface area contributed by atoms with Crippen molar-refractivity contribution in [2.45, 2.75) is 6.04 Å². The molecule has 0 aliphatic carbocycles. The van der Waals surface area contributed by atoms with Crippen LogP contribution in [0.2, 0.25) is 0 Å². The molecule has 5 heteroatoms. The quantitative estimate of drug-likeness (QED) is 0.942. The van der Waals surface area contributed by atoms with Crippen molar-refractivity contribution in [3.63, 3.8) is 0 Å². The first-order valence-electron chi connectivity index (χ1n) is 5.79. The van der Waals surface area contributed by atoms with Crippen molar-refractivity contribution in [3.05, 3.63) is 46.7 Å². The van der Waals surface area contributed by atoms with Crippen LogP contribution in [-0.4, -0.2) is 30.4 Å². The minimum atomic E-state index is 0.0764. The van der Waals surface area contributed by atoms with Gasteiger partial charge in [0.2, 0.25) is 0 Å². The number of benzene rings is 1. The van der Waals surface area contributed by atoms with E-state index < -0.39 is 0 Å². The van der Waals surface area contributed by atoms with Crippen molar-refractivity contribution in [1.82, 2.24) is 9.78 Å². The largest absolute Gasteiger partial charge is 0.378 e. The van der Waals surface area contributed by atoms with Gasteiger partial charge in [-0.1, -0.05) is 12.1 Å². The highest BCUT2D eigenvalue weighted by molar-refractivity contribution is 9.10. The summed E-state index contributed by atoms with van der Waals surface area (Å²) in [4.78, 5) is 2.08. The highest BCUT2D eigenvalue weighted by Gasteiger charge is 2.12. The van der Waals surface area contributed by atoms with E-state index in [9.17, 15) is 0 Å². The van der Waals surface area contributed by atoms with Gasteiger partial charge in [-0.25, -0.2) is 0 Å². The molecule has 1 aromatic heterocycles.